The molecule has 1 aliphatic heterocycles. The van der Waals surface area contributed by atoms with Crippen LogP contribution in [0.25, 0.3) is 0 Å². The number of ether oxygens (including phenoxy) is 1. The molecule has 1 aliphatic rings. The van der Waals surface area contributed by atoms with E-state index >= 15 is 0 Å². The molecule has 0 N–H and O–H groups in total. The Bertz CT molecular complexity index is 839. The van der Waals surface area contributed by atoms with Crippen molar-refractivity contribution in [1.29, 1.82) is 0 Å². The van der Waals surface area contributed by atoms with Gasteiger partial charge in [0.2, 0.25) is 5.91 Å². The Balaban J connectivity index is 1.58. The second-order valence-electron chi connectivity index (χ2n) is 6.97. The van der Waals surface area contributed by atoms with Crippen molar-refractivity contribution >= 4 is 11.8 Å². The minimum absolute atomic E-state index is 0.0475. The second-order valence-corrected chi connectivity index (χ2v) is 6.97. The Morgan fingerprint density at radius 2 is 1.59 bits per heavy atom. The normalized spacial score (nSPS) is 14.2. The summed E-state index contributed by atoms with van der Waals surface area (Å²) >= 11 is 0. The maximum Gasteiger partial charge on any atom is 0.257 e. The van der Waals surface area contributed by atoms with Crippen molar-refractivity contribution in [1.82, 2.24) is 9.80 Å². The molecule has 2 amide bonds. The SMILES string of the molecule is COc1ccccc1C(=O)N1CCN(C(=O)Cc2ccc(C)c(C)c2)CC1. The third kappa shape index (κ3) is 4.30. The predicted octanol–water partition coefficient (Wildman–Crippen LogP) is 2.84. The van der Waals surface area contributed by atoms with Crippen LogP contribution in [-0.2, 0) is 11.2 Å². The highest BCUT2D eigenvalue weighted by molar-refractivity contribution is 5.97. The van der Waals surface area contributed by atoms with E-state index in [1.165, 1.54) is 11.1 Å². The molecular formula is C22H26N2O3. The van der Waals surface area contributed by atoms with Crippen LogP contribution in [0.3, 0.4) is 0 Å². The van der Waals surface area contributed by atoms with E-state index in [2.05, 4.69) is 26.0 Å². The standard InChI is InChI=1S/C22H26N2O3/c1-16-8-9-18(14-17(16)2)15-21(25)23-10-12-24(13-11-23)22(26)19-6-4-5-7-20(19)27-3/h4-9,14H,10-13,15H2,1-3H3. The summed E-state index contributed by atoms with van der Waals surface area (Å²) < 4.78 is 5.29. The number of nitrogens with zero attached hydrogens (tertiary/aromatic N) is 2. The van der Waals surface area contributed by atoms with Gasteiger partial charge in [0.15, 0.2) is 0 Å². The molecule has 0 spiro atoms. The first kappa shape index (κ1) is 19.0. The highest BCUT2D eigenvalue weighted by Crippen LogP contribution is 2.20. The van der Waals surface area contributed by atoms with Crippen LogP contribution in [0, 0.1) is 13.8 Å². The predicted molar refractivity (Wildman–Crippen MR) is 105 cm³/mol. The molecule has 0 unspecified atom stereocenters. The number of carbonyl (C=O) groups excluding carboxylic acids is 2. The summed E-state index contributed by atoms with van der Waals surface area (Å²) in [6, 6.07) is 13.4. The maximum absolute atomic E-state index is 12.8. The maximum atomic E-state index is 12.8. The summed E-state index contributed by atoms with van der Waals surface area (Å²) in [7, 11) is 1.56. The molecule has 3 rings (SSSR count). The fourth-order valence-corrected chi connectivity index (χ4v) is 3.35. The smallest absolute Gasteiger partial charge is 0.257 e. The fourth-order valence-electron chi connectivity index (χ4n) is 3.35. The van der Waals surface area contributed by atoms with Gasteiger partial charge in [0.05, 0.1) is 19.1 Å². The van der Waals surface area contributed by atoms with Crippen molar-refractivity contribution in [2.24, 2.45) is 0 Å². The largest absolute Gasteiger partial charge is 0.496 e. The van der Waals surface area contributed by atoms with Gasteiger partial charge in [0.1, 0.15) is 5.75 Å². The van der Waals surface area contributed by atoms with Crippen molar-refractivity contribution in [3.05, 3.63) is 64.7 Å². The van der Waals surface area contributed by atoms with Crippen molar-refractivity contribution in [2.45, 2.75) is 20.3 Å². The van der Waals surface area contributed by atoms with Crippen LogP contribution < -0.4 is 4.74 Å². The Hall–Kier alpha value is -2.82. The van der Waals surface area contributed by atoms with Gasteiger partial charge in [-0.1, -0.05) is 30.3 Å². The van der Waals surface area contributed by atoms with Gasteiger partial charge in [0, 0.05) is 26.2 Å². The molecule has 2 aromatic rings. The van der Waals surface area contributed by atoms with E-state index in [1.807, 2.05) is 23.1 Å². The molecule has 1 fully saturated rings. The molecule has 142 valence electrons. The average Bonchev–Trinajstić information content (AvgIpc) is 2.70. The molecule has 1 saturated heterocycles. The van der Waals surface area contributed by atoms with E-state index in [0.29, 0.717) is 43.9 Å². The molecule has 0 bridgehead atoms. The Morgan fingerprint density at radius 3 is 2.26 bits per heavy atom. The van der Waals surface area contributed by atoms with Crippen LogP contribution in [0.2, 0.25) is 0 Å². The molecular weight excluding hydrogens is 340 g/mol. The van der Waals surface area contributed by atoms with Crippen molar-refractivity contribution < 1.29 is 14.3 Å². The molecule has 27 heavy (non-hydrogen) atoms. The molecule has 5 nitrogen and oxygen atoms in total. The van der Waals surface area contributed by atoms with Gasteiger partial charge < -0.3 is 14.5 Å². The van der Waals surface area contributed by atoms with E-state index in [4.69, 9.17) is 4.74 Å². The van der Waals surface area contributed by atoms with Gasteiger partial charge in [0.25, 0.3) is 5.91 Å². The summed E-state index contributed by atoms with van der Waals surface area (Å²) in [5, 5.41) is 0. The van der Waals surface area contributed by atoms with Gasteiger partial charge in [-0.05, 0) is 42.7 Å². The minimum Gasteiger partial charge on any atom is -0.496 e. The Kier molecular flexibility index (Phi) is 5.79. The molecule has 5 heteroatoms. The lowest BCUT2D eigenvalue weighted by Gasteiger charge is -2.35. The number of para-hydroxylation sites is 1. The molecule has 0 saturated carbocycles. The quantitative estimate of drug-likeness (QED) is 0.836. The first-order valence-electron chi connectivity index (χ1n) is 9.26. The molecule has 2 aromatic carbocycles. The van der Waals surface area contributed by atoms with Crippen molar-refractivity contribution in [2.75, 3.05) is 33.3 Å². The van der Waals surface area contributed by atoms with Crippen molar-refractivity contribution in [3.63, 3.8) is 0 Å². The molecule has 0 radical (unpaired) electrons. The molecule has 0 atom stereocenters. The number of piperazine rings is 1. The van der Waals surface area contributed by atoms with Gasteiger partial charge in [-0.25, -0.2) is 0 Å². The van der Waals surface area contributed by atoms with Gasteiger partial charge in [-0.15, -0.1) is 0 Å². The third-order valence-corrected chi connectivity index (χ3v) is 5.18. The molecule has 1 heterocycles. The summed E-state index contributed by atoms with van der Waals surface area (Å²) in [5.41, 5.74) is 4.03. The van der Waals surface area contributed by atoms with Crippen LogP contribution in [0.4, 0.5) is 0 Å². The lowest BCUT2D eigenvalue weighted by atomic mass is 10.0. The van der Waals surface area contributed by atoms with Crippen LogP contribution in [0.15, 0.2) is 42.5 Å². The number of methoxy groups -OCH3 is 1. The first-order chi connectivity index (χ1) is 13.0. The van der Waals surface area contributed by atoms with E-state index in [1.54, 1.807) is 24.1 Å². The number of rotatable bonds is 4. The van der Waals surface area contributed by atoms with Gasteiger partial charge >= 0.3 is 0 Å². The summed E-state index contributed by atoms with van der Waals surface area (Å²) in [5.74, 6) is 0.645. The van der Waals surface area contributed by atoms with Crippen LogP contribution in [0.1, 0.15) is 27.0 Å². The Labute approximate surface area is 160 Å². The lowest BCUT2D eigenvalue weighted by molar-refractivity contribution is -0.131. The lowest BCUT2D eigenvalue weighted by Crippen LogP contribution is -2.51. The Morgan fingerprint density at radius 1 is 0.926 bits per heavy atom. The summed E-state index contributed by atoms with van der Waals surface area (Å²) in [6.45, 7) is 6.32. The zero-order valence-electron chi connectivity index (χ0n) is 16.2. The highest BCUT2D eigenvalue weighted by atomic mass is 16.5. The number of hydrogen-bond donors (Lipinski definition) is 0. The topological polar surface area (TPSA) is 49.9 Å². The van der Waals surface area contributed by atoms with E-state index in [-0.39, 0.29) is 11.8 Å². The van der Waals surface area contributed by atoms with Gasteiger partial charge in [-0.2, -0.15) is 0 Å². The zero-order valence-corrected chi connectivity index (χ0v) is 16.2. The fraction of sp³-hybridized carbons (Fsp3) is 0.364. The number of aryl methyl sites for hydroxylation is 2. The number of benzene rings is 2. The number of carbonyl (C=O) groups is 2. The van der Waals surface area contributed by atoms with E-state index < -0.39 is 0 Å². The van der Waals surface area contributed by atoms with Crippen LogP contribution in [0.5, 0.6) is 5.75 Å². The average molecular weight is 366 g/mol. The summed E-state index contributed by atoms with van der Waals surface area (Å²) in [4.78, 5) is 29.0. The molecule has 0 aromatic heterocycles. The zero-order chi connectivity index (χ0) is 19.4. The monoisotopic (exact) mass is 366 g/mol. The molecule has 0 aliphatic carbocycles. The van der Waals surface area contributed by atoms with Gasteiger partial charge in [-0.3, -0.25) is 9.59 Å². The number of hydrogen-bond acceptors (Lipinski definition) is 3. The number of amides is 2. The van der Waals surface area contributed by atoms with Crippen molar-refractivity contribution in [3.8, 4) is 5.75 Å². The first-order valence-corrected chi connectivity index (χ1v) is 9.26. The van der Waals surface area contributed by atoms with Crippen LogP contribution in [-0.4, -0.2) is 54.9 Å². The van der Waals surface area contributed by atoms with Crippen LogP contribution >= 0.6 is 0 Å². The third-order valence-electron chi connectivity index (χ3n) is 5.18. The highest BCUT2D eigenvalue weighted by Gasteiger charge is 2.26. The van der Waals surface area contributed by atoms with E-state index in [0.717, 1.165) is 5.56 Å². The second kappa shape index (κ2) is 8.25. The summed E-state index contributed by atoms with van der Waals surface area (Å²) in [6.07, 6.45) is 0.404. The van der Waals surface area contributed by atoms with E-state index in [9.17, 15) is 9.59 Å². The minimum atomic E-state index is -0.0475.